The molecule has 1 aromatic rings. The Morgan fingerprint density at radius 1 is 1.58 bits per heavy atom. The molecule has 1 aliphatic rings. The number of carbonyl (C=O) groups is 1. The van der Waals surface area contributed by atoms with Gasteiger partial charge in [-0.05, 0) is 25.7 Å². The van der Waals surface area contributed by atoms with Gasteiger partial charge in [-0.15, -0.1) is 11.6 Å². The Morgan fingerprint density at radius 2 is 2.32 bits per heavy atom. The topological polar surface area (TPSA) is 55.1 Å². The van der Waals surface area contributed by atoms with Crippen molar-refractivity contribution in [2.24, 2.45) is 5.92 Å². The number of rotatable bonds is 3. The van der Waals surface area contributed by atoms with Gasteiger partial charge in [0.25, 0.3) is 5.91 Å². The van der Waals surface area contributed by atoms with Crippen LogP contribution in [-0.4, -0.2) is 22.3 Å². The highest BCUT2D eigenvalue weighted by Gasteiger charge is 2.36. The third kappa shape index (κ3) is 3.11. The molecule has 1 saturated carbocycles. The molecule has 1 N–H and O–H groups in total. The van der Waals surface area contributed by atoms with E-state index in [1.165, 1.54) is 6.42 Å². The molecule has 1 heterocycles. The largest absolute Gasteiger partial charge is 0.436 e. The van der Waals surface area contributed by atoms with Crippen molar-refractivity contribution in [1.82, 2.24) is 10.3 Å². The van der Waals surface area contributed by atoms with Crippen LogP contribution in [0.3, 0.4) is 0 Å². The molecular weight excluding hydrogens is 264 g/mol. The first-order valence-electron chi connectivity index (χ1n) is 6.78. The van der Waals surface area contributed by atoms with Crippen molar-refractivity contribution in [3.05, 3.63) is 17.3 Å². The maximum atomic E-state index is 12.3. The van der Waals surface area contributed by atoms with Gasteiger partial charge in [0.2, 0.25) is 5.76 Å². The highest BCUT2D eigenvalue weighted by atomic mass is 35.5. The maximum absolute atomic E-state index is 12.3. The zero-order valence-corrected chi connectivity index (χ0v) is 12.5. The normalized spacial score (nSPS) is 27.3. The standard InChI is InChI=1S/C14H21ClN2O2/c1-9-5-4-6-14(7-9,8-15)17-13(18)12-10(2)16-11(3)19-12/h9H,4-8H2,1-3H3,(H,17,18). The Bertz CT molecular complexity index is 472. The van der Waals surface area contributed by atoms with Crippen molar-refractivity contribution in [3.8, 4) is 0 Å². The molecule has 4 nitrogen and oxygen atoms in total. The molecule has 2 atom stereocenters. The van der Waals surface area contributed by atoms with Crippen molar-refractivity contribution in [1.29, 1.82) is 0 Å². The fourth-order valence-corrected chi connectivity index (χ4v) is 3.28. The summed E-state index contributed by atoms with van der Waals surface area (Å²) in [6.07, 6.45) is 4.16. The van der Waals surface area contributed by atoms with Crippen molar-refractivity contribution >= 4 is 17.5 Å². The summed E-state index contributed by atoms with van der Waals surface area (Å²) in [4.78, 5) is 16.4. The van der Waals surface area contributed by atoms with Gasteiger partial charge in [-0.3, -0.25) is 4.79 Å². The van der Waals surface area contributed by atoms with Crippen molar-refractivity contribution in [3.63, 3.8) is 0 Å². The van der Waals surface area contributed by atoms with Crippen molar-refractivity contribution in [2.45, 2.75) is 52.0 Å². The number of hydrogen-bond donors (Lipinski definition) is 1. The van der Waals surface area contributed by atoms with Crippen LogP contribution in [0, 0.1) is 19.8 Å². The van der Waals surface area contributed by atoms with E-state index in [9.17, 15) is 4.79 Å². The van der Waals surface area contributed by atoms with E-state index in [0.717, 1.165) is 19.3 Å². The number of nitrogens with zero attached hydrogens (tertiary/aromatic N) is 1. The minimum absolute atomic E-state index is 0.201. The monoisotopic (exact) mass is 284 g/mol. The second-order valence-electron chi connectivity index (χ2n) is 5.72. The van der Waals surface area contributed by atoms with Crippen LogP contribution in [0.5, 0.6) is 0 Å². The lowest BCUT2D eigenvalue weighted by Crippen LogP contribution is -2.52. The molecule has 0 bridgehead atoms. The first-order valence-corrected chi connectivity index (χ1v) is 7.32. The molecule has 2 rings (SSSR count). The molecule has 0 radical (unpaired) electrons. The average molecular weight is 285 g/mol. The third-order valence-corrected chi connectivity index (χ3v) is 4.35. The van der Waals surface area contributed by atoms with E-state index in [-0.39, 0.29) is 11.4 Å². The molecule has 2 unspecified atom stereocenters. The molecule has 1 amide bonds. The van der Waals surface area contributed by atoms with Gasteiger partial charge < -0.3 is 9.73 Å². The number of amides is 1. The average Bonchev–Trinajstić information content (AvgIpc) is 2.68. The van der Waals surface area contributed by atoms with Crippen LogP contribution >= 0.6 is 11.6 Å². The molecule has 1 fully saturated rings. The molecule has 1 aliphatic carbocycles. The molecule has 1 aromatic heterocycles. The summed E-state index contributed by atoms with van der Waals surface area (Å²) in [5, 5.41) is 3.08. The van der Waals surface area contributed by atoms with Gasteiger partial charge >= 0.3 is 0 Å². The van der Waals surface area contributed by atoms with E-state index in [4.69, 9.17) is 16.0 Å². The SMILES string of the molecule is Cc1nc(C)c(C(=O)NC2(CCl)CCCC(C)C2)o1. The number of aromatic nitrogens is 1. The van der Waals surface area contributed by atoms with Gasteiger partial charge in [0, 0.05) is 12.8 Å². The van der Waals surface area contributed by atoms with Gasteiger partial charge in [-0.2, -0.15) is 0 Å². The quantitative estimate of drug-likeness (QED) is 0.867. The lowest BCUT2D eigenvalue weighted by molar-refractivity contribution is 0.0836. The summed E-state index contributed by atoms with van der Waals surface area (Å²) in [6, 6.07) is 0. The summed E-state index contributed by atoms with van der Waals surface area (Å²) < 4.78 is 5.37. The lowest BCUT2D eigenvalue weighted by Gasteiger charge is -2.39. The molecule has 19 heavy (non-hydrogen) atoms. The van der Waals surface area contributed by atoms with E-state index in [1.807, 2.05) is 0 Å². The molecule has 106 valence electrons. The number of halogens is 1. The molecule has 0 saturated heterocycles. The number of alkyl halides is 1. The number of oxazole rings is 1. The summed E-state index contributed by atoms with van der Waals surface area (Å²) in [5.41, 5.74) is 0.326. The summed E-state index contributed by atoms with van der Waals surface area (Å²) in [5.74, 6) is 1.65. The zero-order chi connectivity index (χ0) is 14.0. The van der Waals surface area contributed by atoms with E-state index >= 15 is 0 Å². The Balaban J connectivity index is 2.14. The molecule has 0 aromatic carbocycles. The molecular formula is C14H21ClN2O2. The van der Waals surface area contributed by atoms with E-state index in [2.05, 4.69) is 17.2 Å². The van der Waals surface area contributed by atoms with Crippen LogP contribution in [0.25, 0.3) is 0 Å². The highest BCUT2D eigenvalue weighted by Crippen LogP contribution is 2.33. The second kappa shape index (κ2) is 5.53. The summed E-state index contributed by atoms with van der Waals surface area (Å²) in [7, 11) is 0. The van der Waals surface area contributed by atoms with Gasteiger partial charge in [0.15, 0.2) is 5.89 Å². The first kappa shape index (κ1) is 14.4. The molecule has 0 spiro atoms. The third-order valence-electron chi connectivity index (χ3n) is 3.84. The number of hydrogen-bond acceptors (Lipinski definition) is 3. The maximum Gasteiger partial charge on any atom is 0.289 e. The van der Waals surface area contributed by atoms with Gasteiger partial charge in [0.1, 0.15) is 0 Å². The van der Waals surface area contributed by atoms with E-state index in [0.29, 0.717) is 29.1 Å². The highest BCUT2D eigenvalue weighted by molar-refractivity contribution is 6.19. The Hall–Kier alpha value is -1.03. The predicted octanol–water partition coefficient (Wildman–Crippen LogP) is 3.21. The summed E-state index contributed by atoms with van der Waals surface area (Å²) in [6.45, 7) is 5.72. The minimum Gasteiger partial charge on any atom is -0.436 e. The van der Waals surface area contributed by atoms with Crippen molar-refractivity contribution in [2.75, 3.05) is 5.88 Å². The van der Waals surface area contributed by atoms with Crippen LogP contribution in [0.2, 0.25) is 0 Å². The fraction of sp³-hybridized carbons (Fsp3) is 0.714. The van der Waals surface area contributed by atoms with Crippen LogP contribution in [0.1, 0.15) is 54.7 Å². The second-order valence-corrected chi connectivity index (χ2v) is 5.98. The van der Waals surface area contributed by atoms with Crippen LogP contribution in [0.4, 0.5) is 0 Å². The van der Waals surface area contributed by atoms with Gasteiger partial charge in [-0.25, -0.2) is 4.98 Å². The lowest BCUT2D eigenvalue weighted by atomic mass is 9.77. The van der Waals surface area contributed by atoms with Gasteiger partial charge in [-0.1, -0.05) is 19.8 Å². The van der Waals surface area contributed by atoms with Crippen molar-refractivity contribution < 1.29 is 9.21 Å². The number of carbonyl (C=O) groups excluding carboxylic acids is 1. The van der Waals surface area contributed by atoms with E-state index in [1.54, 1.807) is 13.8 Å². The van der Waals surface area contributed by atoms with Crippen LogP contribution in [-0.2, 0) is 0 Å². The zero-order valence-electron chi connectivity index (χ0n) is 11.8. The number of aryl methyl sites for hydroxylation is 2. The van der Waals surface area contributed by atoms with Crippen LogP contribution in [0.15, 0.2) is 4.42 Å². The Labute approximate surface area is 118 Å². The Kier molecular flexibility index (Phi) is 4.19. The fourth-order valence-electron chi connectivity index (χ4n) is 2.97. The molecule has 0 aliphatic heterocycles. The molecule has 5 heteroatoms. The minimum atomic E-state index is -0.302. The number of nitrogens with one attached hydrogen (secondary N) is 1. The first-order chi connectivity index (χ1) is 8.96. The van der Waals surface area contributed by atoms with E-state index < -0.39 is 0 Å². The van der Waals surface area contributed by atoms with Crippen LogP contribution < -0.4 is 5.32 Å². The predicted molar refractivity (Wildman–Crippen MR) is 74.5 cm³/mol. The Morgan fingerprint density at radius 3 is 2.84 bits per heavy atom. The van der Waals surface area contributed by atoms with Gasteiger partial charge in [0.05, 0.1) is 11.2 Å². The smallest absolute Gasteiger partial charge is 0.289 e. The summed E-state index contributed by atoms with van der Waals surface area (Å²) >= 11 is 6.12.